The van der Waals surface area contributed by atoms with Crippen LogP contribution in [0.25, 0.3) is 10.8 Å². The number of halogens is 1. The number of fused-ring (bicyclic) bond motifs is 1. The number of pyridine rings is 1. The van der Waals surface area contributed by atoms with Crippen molar-refractivity contribution in [3.8, 4) is 11.5 Å². The van der Waals surface area contributed by atoms with Gasteiger partial charge in [0, 0.05) is 29.6 Å². The molecular weight excluding hydrogens is 308 g/mol. The van der Waals surface area contributed by atoms with Gasteiger partial charge < -0.3 is 19.9 Å². The van der Waals surface area contributed by atoms with Gasteiger partial charge in [-0.25, -0.2) is 4.79 Å². The molecule has 22 heavy (non-hydrogen) atoms. The first-order valence-electron chi connectivity index (χ1n) is 6.57. The minimum absolute atomic E-state index is 0. The van der Waals surface area contributed by atoms with Crippen LogP contribution in [-0.2, 0) is 11.3 Å². The van der Waals surface area contributed by atoms with Gasteiger partial charge in [0.2, 0.25) is 0 Å². The van der Waals surface area contributed by atoms with E-state index in [0.717, 1.165) is 0 Å². The molecule has 0 saturated heterocycles. The Morgan fingerprint density at radius 1 is 1.27 bits per heavy atom. The summed E-state index contributed by atoms with van der Waals surface area (Å²) in [5.41, 5.74) is 6.74. The molecular formula is C15H19ClN2O4. The van der Waals surface area contributed by atoms with Crippen LogP contribution >= 0.6 is 12.4 Å². The van der Waals surface area contributed by atoms with E-state index in [9.17, 15) is 4.79 Å². The fourth-order valence-corrected chi connectivity index (χ4v) is 2.18. The number of nitrogens with zero attached hydrogens (tertiary/aromatic N) is 1. The van der Waals surface area contributed by atoms with Crippen molar-refractivity contribution < 1.29 is 19.0 Å². The Morgan fingerprint density at radius 2 is 2.00 bits per heavy atom. The number of carbonyl (C=O) groups excluding carboxylic acids is 1. The van der Waals surface area contributed by atoms with Crippen LogP contribution in [0.4, 0.5) is 0 Å². The molecule has 0 aliphatic heterocycles. The molecule has 0 radical (unpaired) electrons. The van der Waals surface area contributed by atoms with E-state index in [2.05, 4.69) is 4.98 Å². The molecule has 1 heterocycles. The first-order valence-corrected chi connectivity index (χ1v) is 6.57. The molecule has 0 spiro atoms. The lowest BCUT2D eigenvalue weighted by molar-refractivity contribution is 0.0528. The third kappa shape index (κ3) is 3.23. The van der Waals surface area contributed by atoms with E-state index < -0.39 is 5.97 Å². The molecule has 0 atom stereocenters. The summed E-state index contributed by atoms with van der Waals surface area (Å²) < 4.78 is 15.7. The molecule has 6 nitrogen and oxygen atoms in total. The van der Waals surface area contributed by atoms with E-state index in [-0.39, 0.29) is 19.0 Å². The molecule has 2 N–H and O–H groups in total. The Hall–Kier alpha value is -2.05. The molecule has 1 aromatic carbocycles. The molecule has 0 unspecified atom stereocenters. The maximum absolute atomic E-state index is 12.1. The van der Waals surface area contributed by atoms with Gasteiger partial charge in [-0.3, -0.25) is 4.98 Å². The van der Waals surface area contributed by atoms with Crippen LogP contribution < -0.4 is 15.2 Å². The average molecular weight is 327 g/mol. The first kappa shape index (κ1) is 18.0. The number of methoxy groups -OCH3 is 2. The predicted molar refractivity (Wildman–Crippen MR) is 85.9 cm³/mol. The van der Waals surface area contributed by atoms with Gasteiger partial charge in [0.15, 0.2) is 0 Å². The first-order chi connectivity index (χ1) is 10.2. The molecule has 0 saturated carbocycles. The van der Waals surface area contributed by atoms with Gasteiger partial charge in [-0.15, -0.1) is 12.4 Å². The number of rotatable bonds is 5. The van der Waals surface area contributed by atoms with E-state index >= 15 is 0 Å². The summed E-state index contributed by atoms with van der Waals surface area (Å²) in [4.78, 5) is 16.3. The lowest BCUT2D eigenvalue weighted by Gasteiger charge is -2.14. The molecule has 120 valence electrons. The van der Waals surface area contributed by atoms with Crippen LogP contribution in [0.5, 0.6) is 11.5 Å². The molecule has 1 aromatic heterocycles. The van der Waals surface area contributed by atoms with Crippen LogP contribution in [0.3, 0.4) is 0 Å². The summed E-state index contributed by atoms with van der Waals surface area (Å²) in [7, 11) is 3.10. The van der Waals surface area contributed by atoms with E-state index in [1.807, 2.05) is 0 Å². The summed E-state index contributed by atoms with van der Waals surface area (Å²) in [5.74, 6) is 0.705. The Kier molecular flexibility index (Phi) is 6.39. The molecule has 0 amide bonds. The fourth-order valence-electron chi connectivity index (χ4n) is 2.18. The van der Waals surface area contributed by atoms with Crippen LogP contribution in [0.1, 0.15) is 23.0 Å². The van der Waals surface area contributed by atoms with E-state index in [4.69, 9.17) is 19.9 Å². The van der Waals surface area contributed by atoms with Gasteiger partial charge in [-0.2, -0.15) is 0 Å². The third-order valence-electron chi connectivity index (χ3n) is 3.15. The topological polar surface area (TPSA) is 83.7 Å². The summed E-state index contributed by atoms with van der Waals surface area (Å²) in [5, 5.41) is 1.35. The second kappa shape index (κ2) is 7.82. The van der Waals surface area contributed by atoms with Gasteiger partial charge in [0.1, 0.15) is 11.5 Å². The number of carbonyl (C=O) groups is 1. The average Bonchev–Trinajstić information content (AvgIpc) is 2.52. The van der Waals surface area contributed by atoms with Gasteiger partial charge in [-0.05, 0) is 13.0 Å². The minimum atomic E-state index is -0.436. The SMILES string of the molecule is CCOC(=O)c1cnc(CN)c2c(OC)cc(OC)cc12.Cl. The lowest BCUT2D eigenvalue weighted by atomic mass is 10.0. The molecule has 2 rings (SSSR count). The molecule has 2 aromatic rings. The smallest absolute Gasteiger partial charge is 0.340 e. The number of benzene rings is 1. The Labute approximate surface area is 135 Å². The lowest BCUT2D eigenvalue weighted by Crippen LogP contribution is -2.09. The summed E-state index contributed by atoms with van der Waals surface area (Å²) >= 11 is 0. The van der Waals surface area contributed by atoms with E-state index in [1.165, 1.54) is 6.20 Å². The van der Waals surface area contributed by atoms with Crippen molar-refractivity contribution in [2.75, 3.05) is 20.8 Å². The van der Waals surface area contributed by atoms with Gasteiger partial charge in [-0.1, -0.05) is 0 Å². The second-order valence-corrected chi connectivity index (χ2v) is 4.30. The van der Waals surface area contributed by atoms with E-state index in [0.29, 0.717) is 40.1 Å². The summed E-state index contributed by atoms with van der Waals surface area (Å²) in [6.07, 6.45) is 1.47. The zero-order valence-corrected chi connectivity index (χ0v) is 13.5. The van der Waals surface area contributed by atoms with Gasteiger partial charge in [0.05, 0.1) is 32.1 Å². The highest BCUT2D eigenvalue weighted by atomic mass is 35.5. The van der Waals surface area contributed by atoms with Crippen LogP contribution in [0.2, 0.25) is 0 Å². The predicted octanol–water partition coefficient (Wildman–Crippen LogP) is 2.31. The number of ether oxygens (including phenoxy) is 3. The maximum atomic E-state index is 12.1. The number of esters is 1. The van der Waals surface area contributed by atoms with Crippen LogP contribution in [0, 0.1) is 0 Å². The molecule has 0 aliphatic carbocycles. The largest absolute Gasteiger partial charge is 0.497 e. The van der Waals surface area contributed by atoms with Crippen LogP contribution in [0.15, 0.2) is 18.3 Å². The second-order valence-electron chi connectivity index (χ2n) is 4.30. The quantitative estimate of drug-likeness (QED) is 0.849. The minimum Gasteiger partial charge on any atom is -0.497 e. The molecule has 0 bridgehead atoms. The van der Waals surface area contributed by atoms with Crippen molar-refractivity contribution in [1.82, 2.24) is 4.98 Å². The van der Waals surface area contributed by atoms with Gasteiger partial charge in [0.25, 0.3) is 0 Å². The molecule has 0 fully saturated rings. The van der Waals surface area contributed by atoms with Gasteiger partial charge >= 0.3 is 5.97 Å². The third-order valence-corrected chi connectivity index (χ3v) is 3.15. The summed E-state index contributed by atoms with van der Waals surface area (Å²) in [6.45, 7) is 2.28. The number of aromatic nitrogens is 1. The fraction of sp³-hybridized carbons (Fsp3) is 0.333. The number of hydrogen-bond acceptors (Lipinski definition) is 6. The monoisotopic (exact) mass is 326 g/mol. The maximum Gasteiger partial charge on any atom is 0.340 e. The van der Waals surface area contributed by atoms with Crippen molar-refractivity contribution in [3.05, 3.63) is 29.6 Å². The highest BCUT2D eigenvalue weighted by Gasteiger charge is 2.18. The van der Waals surface area contributed by atoms with Crippen molar-refractivity contribution in [2.45, 2.75) is 13.5 Å². The Bertz CT molecular complexity index is 676. The zero-order valence-electron chi connectivity index (χ0n) is 12.7. The van der Waals surface area contributed by atoms with Crippen LogP contribution in [-0.4, -0.2) is 31.8 Å². The Morgan fingerprint density at radius 3 is 2.55 bits per heavy atom. The highest BCUT2D eigenvalue weighted by molar-refractivity contribution is 6.07. The molecule has 7 heteroatoms. The number of hydrogen-bond donors (Lipinski definition) is 1. The highest BCUT2D eigenvalue weighted by Crippen LogP contribution is 2.34. The standard InChI is InChI=1S/C15H18N2O4.ClH/c1-4-21-15(18)11-8-17-12(7-16)14-10(11)5-9(19-2)6-13(14)20-3;/h5-6,8H,4,7,16H2,1-3H3;1H. The summed E-state index contributed by atoms with van der Waals surface area (Å²) in [6, 6.07) is 3.49. The van der Waals surface area contributed by atoms with Crippen molar-refractivity contribution in [2.24, 2.45) is 5.73 Å². The van der Waals surface area contributed by atoms with Crippen molar-refractivity contribution >= 4 is 29.1 Å². The zero-order chi connectivity index (χ0) is 15.4. The normalized spacial score (nSPS) is 10.0. The van der Waals surface area contributed by atoms with Crippen molar-refractivity contribution in [1.29, 1.82) is 0 Å². The molecule has 0 aliphatic rings. The number of nitrogens with two attached hydrogens (primary N) is 1. The van der Waals surface area contributed by atoms with Crippen molar-refractivity contribution in [3.63, 3.8) is 0 Å². The Balaban J connectivity index is 0.00000242. The van der Waals surface area contributed by atoms with E-state index in [1.54, 1.807) is 33.3 Å².